The summed E-state index contributed by atoms with van der Waals surface area (Å²) in [6.45, 7) is 9.48. The monoisotopic (exact) mass is 425 g/mol. The van der Waals surface area contributed by atoms with Crippen LogP contribution in [0.1, 0.15) is 40.5 Å². The average molecular weight is 426 g/mol. The molecular formula is C20H31N3O5S. The molecular weight excluding hydrogens is 394 g/mol. The Bertz CT molecular complexity index is 816. The molecule has 29 heavy (non-hydrogen) atoms. The van der Waals surface area contributed by atoms with Gasteiger partial charge in [-0.1, -0.05) is 0 Å². The first-order valence-electron chi connectivity index (χ1n) is 9.83. The van der Waals surface area contributed by atoms with Crippen LogP contribution in [0.5, 0.6) is 0 Å². The highest BCUT2D eigenvalue weighted by molar-refractivity contribution is 7.89. The summed E-state index contributed by atoms with van der Waals surface area (Å²) in [5.41, 5.74) is 0.171. The molecule has 1 aliphatic heterocycles. The van der Waals surface area contributed by atoms with E-state index in [1.165, 1.54) is 12.1 Å². The number of carbonyl (C=O) groups is 2. The van der Waals surface area contributed by atoms with E-state index in [1.807, 2.05) is 27.7 Å². The zero-order valence-corrected chi connectivity index (χ0v) is 18.3. The van der Waals surface area contributed by atoms with Gasteiger partial charge in [-0.2, -0.15) is 0 Å². The SMILES string of the molecule is CCOCCCNS(=O)(=O)c1ccc(NC(=O)[C@H]2CC(=O)N(C(C)(C)C)C2)cc1. The highest BCUT2D eigenvalue weighted by atomic mass is 32.2. The number of nitrogens with one attached hydrogen (secondary N) is 2. The van der Waals surface area contributed by atoms with E-state index in [0.29, 0.717) is 38.4 Å². The fraction of sp³-hybridized carbons (Fsp3) is 0.600. The van der Waals surface area contributed by atoms with E-state index < -0.39 is 15.9 Å². The third-order valence-electron chi connectivity index (χ3n) is 4.70. The molecule has 2 N–H and O–H groups in total. The predicted octanol–water partition coefficient (Wildman–Crippen LogP) is 1.98. The Morgan fingerprint density at radius 1 is 1.24 bits per heavy atom. The van der Waals surface area contributed by atoms with Crippen LogP contribution in [0.4, 0.5) is 5.69 Å². The second-order valence-corrected chi connectivity index (χ2v) is 9.81. The van der Waals surface area contributed by atoms with Gasteiger partial charge >= 0.3 is 0 Å². The normalized spacial score (nSPS) is 17.6. The van der Waals surface area contributed by atoms with Crippen LogP contribution >= 0.6 is 0 Å². The zero-order valence-electron chi connectivity index (χ0n) is 17.5. The second kappa shape index (κ2) is 9.69. The summed E-state index contributed by atoms with van der Waals surface area (Å²) in [6.07, 6.45) is 0.772. The molecule has 0 unspecified atom stereocenters. The van der Waals surface area contributed by atoms with Crippen molar-refractivity contribution in [1.29, 1.82) is 0 Å². The molecule has 1 saturated heterocycles. The first-order valence-corrected chi connectivity index (χ1v) is 11.3. The number of sulfonamides is 1. The molecule has 1 atom stereocenters. The predicted molar refractivity (Wildman–Crippen MR) is 111 cm³/mol. The molecule has 2 rings (SSSR count). The summed E-state index contributed by atoms with van der Waals surface area (Å²) in [6, 6.07) is 5.99. The number of nitrogens with zero attached hydrogens (tertiary/aromatic N) is 1. The number of amides is 2. The Hall–Kier alpha value is -1.97. The molecule has 0 saturated carbocycles. The third-order valence-corrected chi connectivity index (χ3v) is 6.18. The fourth-order valence-electron chi connectivity index (χ4n) is 3.10. The number of anilines is 1. The van der Waals surface area contributed by atoms with Crippen LogP contribution < -0.4 is 10.0 Å². The molecule has 162 valence electrons. The first kappa shape index (κ1) is 23.3. The number of likely N-dealkylation sites (tertiary alicyclic amines) is 1. The van der Waals surface area contributed by atoms with Crippen molar-refractivity contribution < 1.29 is 22.7 Å². The van der Waals surface area contributed by atoms with Crippen LogP contribution in [0.2, 0.25) is 0 Å². The molecule has 0 aliphatic carbocycles. The van der Waals surface area contributed by atoms with E-state index >= 15 is 0 Å². The molecule has 0 aromatic heterocycles. The maximum atomic E-state index is 12.5. The van der Waals surface area contributed by atoms with Gasteiger partial charge in [-0.3, -0.25) is 9.59 Å². The van der Waals surface area contributed by atoms with E-state index in [2.05, 4.69) is 10.0 Å². The van der Waals surface area contributed by atoms with E-state index in [0.717, 1.165) is 0 Å². The topological polar surface area (TPSA) is 105 Å². The molecule has 8 nitrogen and oxygen atoms in total. The molecule has 9 heteroatoms. The molecule has 1 fully saturated rings. The van der Waals surface area contributed by atoms with Crippen molar-refractivity contribution in [3.05, 3.63) is 24.3 Å². The molecule has 1 aliphatic rings. The number of carbonyl (C=O) groups excluding carboxylic acids is 2. The lowest BCUT2D eigenvalue weighted by molar-refractivity contribution is -0.131. The number of rotatable bonds is 9. The molecule has 1 aromatic carbocycles. The molecule has 2 amide bonds. The number of ether oxygens (including phenoxy) is 1. The summed E-state index contributed by atoms with van der Waals surface area (Å²) in [4.78, 5) is 26.5. The van der Waals surface area contributed by atoms with Gasteiger partial charge in [-0.05, 0) is 58.4 Å². The number of benzene rings is 1. The Balaban J connectivity index is 1.92. The van der Waals surface area contributed by atoms with Gasteiger partial charge < -0.3 is 15.0 Å². The maximum Gasteiger partial charge on any atom is 0.240 e. The standard InChI is InChI=1S/C20H31N3O5S/c1-5-28-12-6-11-21-29(26,27)17-9-7-16(8-10-17)22-19(25)15-13-18(24)23(14-15)20(2,3)4/h7-10,15,21H,5-6,11-14H2,1-4H3,(H,22,25)/t15-/m0/s1. The van der Waals surface area contributed by atoms with E-state index in [9.17, 15) is 18.0 Å². The fourth-order valence-corrected chi connectivity index (χ4v) is 4.18. The second-order valence-electron chi connectivity index (χ2n) is 8.04. The van der Waals surface area contributed by atoms with E-state index in [1.54, 1.807) is 17.0 Å². The lowest BCUT2D eigenvalue weighted by atomic mass is 10.1. The smallest absolute Gasteiger partial charge is 0.240 e. The van der Waals surface area contributed by atoms with Gasteiger partial charge in [-0.25, -0.2) is 13.1 Å². The summed E-state index contributed by atoms with van der Waals surface area (Å²) in [7, 11) is -3.61. The van der Waals surface area contributed by atoms with Gasteiger partial charge in [0.15, 0.2) is 0 Å². The minimum absolute atomic E-state index is 0.0329. The van der Waals surface area contributed by atoms with Crippen LogP contribution in [-0.2, 0) is 24.3 Å². The van der Waals surface area contributed by atoms with E-state index in [-0.39, 0.29) is 28.7 Å². The Labute approximate surface area is 173 Å². The minimum atomic E-state index is -3.61. The summed E-state index contributed by atoms with van der Waals surface area (Å²) in [5, 5.41) is 2.77. The molecule has 0 radical (unpaired) electrons. The van der Waals surface area contributed by atoms with Crippen LogP contribution in [0.25, 0.3) is 0 Å². The number of hydrogen-bond donors (Lipinski definition) is 2. The Kier molecular flexibility index (Phi) is 7.79. The third kappa shape index (κ3) is 6.52. The Morgan fingerprint density at radius 2 is 1.90 bits per heavy atom. The summed E-state index contributed by atoms with van der Waals surface area (Å²) < 4.78 is 32.3. The summed E-state index contributed by atoms with van der Waals surface area (Å²) in [5.74, 6) is -0.693. The largest absolute Gasteiger partial charge is 0.382 e. The van der Waals surface area contributed by atoms with Crippen LogP contribution in [0, 0.1) is 5.92 Å². The minimum Gasteiger partial charge on any atom is -0.382 e. The van der Waals surface area contributed by atoms with Crippen molar-refractivity contribution in [2.24, 2.45) is 5.92 Å². The molecule has 1 heterocycles. The summed E-state index contributed by atoms with van der Waals surface area (Å²) >= 11 is 0. The van der Waals surface area contributed by atoms with Gasteiger partial charge in [0.1, 0.15) is 0 Å². The van der Waals surface area contributed by atoms with Gasteiger partial charge in [0.25, 0.3) is 0 Å². The highest BCUT2D eigenvalue weighted by Crippen LogP contribution is 2.26. The van der Waals surface area contributed by atoms with Crippen molar-refractivity contribution in [3.63, 3.8) is 0 Å². The average Bonchev–Trinajstić information content (AvgIpc) is 3.04. The molecule has 0 bridgehead atoms. The lowest BCUT2D eigenvalue weighted by Crippen LogP contribution is -2.42. The van der Waals surface area contributed by atoms with Gasteiger partial charge in [-0.15, -0.1) is 0 Å². The van der Waals surface area contributed by atoms with E-state index in [4.69, 9.17) is 4.74 Å². The Morgan fingerprint density at radius 3 is 2.45 bits per heavy atom. The highest BCUT2D eigenvalue weighted by Gasteiger charge is 2.39. The van der Waals surface area contributed by atoms with Crippen molar-refractivity contribution in [1.82, 2.24) is 9.62 Å². The van der Waals surface area contributed by atoms with Crippen molar-refractivity contribution in [2.45, 2.75) is 51.0 Å². The van der Waals surface area contributed by atoms with Crippen molar-refractivity contribution in [3.8, 4) is 0 Å². The molecule has 0 spiro atoms. The first-order chi connectivity index (χ1) is 13.5. The lowest BCUT2D eigenvalue weighted by Gasteiger charge is -2.31. The zero-order chi connectivity index (χ0) is 21.7. The van der Waals surface area contributed by atoms with Crippen molar-refractivity contribution in [2.75, 3.05) is 31.6 Å². The van der Waals surface area contributed by atoms with Gasteiger partial charge in [0.2, 0.25) is 21.8 Å². The van der Waals surface area contributed by atoms with Gasteiger partial charge in [0, 0.05) is 44.0 Å². The van der Waals surface area contributed by atoms with Crippen LogP contribution in [0.3, 0.4) is 0 Å². The van der Waals surface area contributed by atoms with Gasteiger partial charge in [0.05, 0.1) is 10.8 Å². The molecule has 1 aromatic rings. The maximum absolute atomic E-state index is 12.5. The van der Waals surface area contributed by atoms with Crippen molar-refractivity contribution >= 4 is 27.5 Å². The quantitative estimate of drug-likeness (QED) is 0.589. The van der Waals surface area contributed by atoms with Crippen LogP contribution in [-0.4, -0.2) is 57.0 Å². The number of hydrogen-bond acceptors (Lipinski definition) is 5. The van der Waals surface area contributed by atoms with Crippen LogP contribution in [0.15, 0.2) is 29.2 Å².